The SMILES string of the molecule is COC(Oc1cc(C(=O)[O-])ccc1[N+](=O)[O-])C(C)C. The van der Waals surface area contributed by atoms with Crippen LogP contribution in [0, 0.1) is 16.0 Å². The molecule has 1 atom stereocenters. The second kappa shape index (κ2) is 6.14. The molecular formula is C12H14NO6-. The van der Waals surface area contributed by atoms with Crippen molar-refractivity contribution >= 4 is 11.7 Å². The van der Waals surface area contributed by atoms with Gasteiger partial charge in [-0.1, -0.05) is 13.8 Å². The van der Waals surface area contributed by atoms with E-state index < -0.39 is 17.2 Å². The molecular weight excluding hydrogens is 254 g/mol. The van der Waals surface area contributed by atoms with Gasteiger partial charge in [0.25, 0.3) is 0 Å². The lowest BCUT2D eigenvalue weighted by Crippen LogP contribution is -2.26. The smallest absolute Gasteiger partial charge is 0.311 e. The molecule has 0 aliphatic rings. The Morgan fingerprint density at radius 2 is 2.00 bits per heavy atom. The van der Waals surface area contributed by atoms with Gasteiger partial charge in [0.1, 0.15) is 0 Å². The number of hydrogen-bond acceptors (Lipinski definition) is 6. The van der Waals surface area contributed by atoms with E-state index in [1.165, 1.54) is 7.11 Å². The van der Waals surface area contributed by atoms with Crippen molar-refractivity contribution in [1.82, 2.24) is 0 Å². The van der Waals surface area contributed by atoms with Crippen LogP contribution in [0.2, 0.25) is 0 Å². The molecule has 0 heterocycles. The van der Waals surface area contributed by atoms with E-state index in [1.807, 2.05) is 13.8 Å². The minimum atomic E-state index is -1.43. The van der Waals surface area contributed by atoms with Gasteiger partial charge in [-0.05, 0) is 12.1 Å². The Morgan fingerprint density at radius 3 is 2.42 bits per heavy atom. The predicted molar refractivity (Wildman–Crippen MR) is 63.7 cm³/mol. The molecule has 1 aromatic rings. The van der Waals surface area contributed by atoms with Crippen molar-refractivity contribution < 1.29 is 24.3 Å². The Kier molecular flexibility index (Phi) is 4.82. The third kappa shape index (κ3) is 3.65. The molecule has 1 unspecified atom stereocenters. The van der Waals surface area contributed by atoms with Crippen molar-refractivity contribution in [3.05, 3.63) is 33.9 Å². The van der Waals surface area contributed by atoms with E-state index in [9.17, 15) is 20.0 Å². The summed E-state index contributed by atoms with van der Waals surface area (Å²) in [5.41, 5.74) is -0.521. The first kappa shape index (κ1) is 14.9. The third-order valence-electron chi connectivity index (χ3n) is 2.41. The third-order valence-corrected chi connectivity index (χ3v) is 2.41. The van der Waals surface area contributed by atoms with E-state index in [2.05, 4.69) is 0 Å². The summed E-state index contributed by atoms with van der Waals surface area (Å²) in [5.74, 6) is -1.65. The van der Waals surface area contributed by atoms with Gasteiger partial charge in [-0.3, -0.25) is 10.1 Å². The Balaban J connectivity index is 3.17. The quantitative estimate of drug-likeness (QED) is 0.432. The van der Waals surface area contributed by atoms with Gasteiger partial charge >= 0.3 is 5.69 Å². The maximum absolute atomic E-state index is 10.9. The maximum atomic E-state index is 10.9. The van der Waals surface area contributed by atoms with Gasteiger partial charge in [-0.25, -0.2) is 0 Å². The van der Waals surface area contributed by atoms with Crippen molar-refractivity contribution in [1.29, 1.82) is 0 Å². The average Bonchev–Trinajstić information content (AvgIpc) is 2.34. The Labute approximate surface area is 109 Å². The largest absolute Gasteiger partial charge is 0.545 e. The van der Waals surface area contributed by atoms with Crippen LogP contribution in [0.5, 0.6) is 5.75 Å². The number of carboxylic acid groups (broad SMARTS) is 1. The Morgan fingerprint density at radius 1 is 1.37 bits per heavy atom. The van der Waals surface area contributed by atoms with Gasteiger partial charge in [0.15, 0.2) is 0 Å². The van der Waals surface area contributed by atoms with E-state index in [1.54, 1.807) is 0 Å². The maximum Gasteiger partial charge on any atom is 0.311 e. The number of aromatic carboxylic acids is 1. The van der Waals surface area contributed by atoms with Crippen LogP contribution in [0.25, 0.3) is 0 Å². The highest BCUT2D eigenvalue weighted by molar-refractivity contribution is 5.87. The van der Waals surface area contributed by atoms with Crippen molar-refractivity contribution in [2.24, 2.45) is 5.92 Å². The highest BCUT2D eigenvalue weighted by atomic mass is 16.7. The zero-order valence-corrected chi connectivity index (χ0v) is 10.8. The van der Waals surface area contributed by atoms with Crippen LogP contribution in [-0.4, -0.2) is 24.3 Å². The van der Waals surface area contributed by atoms with Gasteiger partial charge < -0.3 is 19.4 Å². The molecule has 7 heteroatoms. The fourth-order valence-electron chi connectivity index (χ4n) is 1.47. The molecule has 104 valence electrons. The molecule has 0 N–H and O–H groups in total. The standard InChI is InChI=1S/C12H15NO6/c1-7(2)12(18-3)19-10-6-8(11(14)15)4-5-9(10)13(16)17/h4-7,12H,1-3H3,(H,14,15)/p-1. The van der Waals surface area contributed by atoms with E-state index in [-0.39, 0.29) is 22.9 Å². The van der Waals surface area contributed by atoms with Gasteiger partial charge in [-0.15, -0.1) is 0 Å². The topological polar surface area (TPSA) is 102 Å². The number of methoxy groups -OCH3 is 1. The van der Waals surface area contributed by atoms with Crippen LogP contribution in [0.4, 0.5) is 5.69 Å². The minimum absolute atomic E-state index is 0.0591. The molecule has 1 aromatic carbocycles. The summed E-state index contributed by atoms with van der Waals surface area (Å²) in [6.45, 7) is 3.62. The van der Waals surface area contributed by atoms with E-state index >= 15 is 0 Å². The van der Waals surface area contributed by atoms with Crippen LogP contribution in [0.15, 0.2) is 18.2 Å². The second-order valence-corrected chi connectivity index (χ2v) is 4.19. The summed E-state index contributed by atoms with van der Waals surface area (Å²) in [4.78, 5) is 21.0. The first-order valence-corrected chi connectivity index (χ1v) is 5.56. The van der Waals surface area contributed by atoms with Gasteiger partial charge in [0, 0.05) is 24.7 Å². The number of carbonyl (C=O) groups is 1. The van der Waals surface area contributed by atoms with Crippen LogP contribution in [0.3, 0.4) is 0 Å². The van der Waals surface area contributed by atoms with Gasteiger partial charge in [0.2, 0.25) is 12.0 Å². The summed E-state index contributed by atoms with van der Waals surface area (Å²) in [6, 6.07) is 3.22. The summed E-state index contributed by atoms with van der Waals surface area (Å²) in [6.07, 6.45) is -0.712. The molecule has 0 aliphatic carbocycles. The molecule has 7 nitrogen and oxygen atoms in total. The number of rotatable bonds is 6. The number of carboxylic acids is 1. The summed E-state index contributed by atoms with van der Waals surface area (Å²) < 4.78 is 10.4. The fraction of sp³-hybridized carbons (Fsp3) is 0.417. The molecule has 0 radical (unpaired) electrons. The zero-order valence-electron chi connectivity index (χ0n) is 10.8. The molecule has 0 spiro atoms. The monoisotopic (exact) mass is 268 g/mol. The van der Waals surface area contributed by atoms with Gasteiger partial charge in [-0.2, -0.15) is 0 Å². The molecule has 0 aromatic heterocycles. The number of nitro groups is 1. The van der Waals surface area contributed by atoms with Crippen LogP contribution >= 0.6 is 0 Å². The molecule has 19 heavy (non-hydrogen) atoms. The number of hydrogen-bond donors (Lipinski definition) is 0. The van der Waals surface area contributed by atoms with Crippen LogP contribution < -0.4 is 9.84 Å². The average molecular weight is 268 g/mol. The number of ether oxygens (including phenoxy) is 2. The van der Waals surface area contributed by atoms with E-state index in [0.29, 0.717) is 0 Å². The van der Waals surface area contributed by atoms with Crippen LogP contribution in [0.1, 0.15) is 24.2 Å². The van der Waals surface area contributed by atoms with Crippen LogP contribution in [-0.2, 0) is 4.74 Å². The lowest BCUT2D eigenvalue weighted by molar-refractivity contribution is -0.386. The lowest BCUT2D eigenvalue weighted by Gasteiger charge is -2.21. The molecule has 0 fully saturated rings. The number of nitro benzene ring substituents is 1. The van der Waals surface area contributed by atoms with E-state index in [4.69, 9.17) is 9.47 Å². The zero-order chi connectivity index (χ0) is 14.6. The minimum Gasteiger partial charge on any atom is -0.545 e. The Bertz CT molecular complexity index is 485. The summed E-state index contributed by atoms with van der Waals surface area (Å²) >= 11 is 0. The molecule has 0 bridgehead atoms. The lowest BCUT2D eigenvalue weighted by atomic mass is 10.2. The van der Waals surface area contributed by atoms with Crippen molar-refractivity contribution in [3.8, 4) is 5.75 Å². The second-order valence-electron chi connectivity index (χ2n) is 4.19. The molecule has 0 saturated carbocycles. The van der Waals surface area contributed by atoms with Crippen molar-refractivity contribution in [2.75, 3.05) is 7.11 Å². The predicted octanol–water partition coefficient (Wildman–Crippen LogP) is 0.966. The first-order valence-electron chi connectivity index (χ1n) is 5.56. The summed E-state index contributed by atoms with van der Waals surface area (Å²) in [5, 5.41) is 21.6. The molecule has 1 rings (SSSR count). The molecule has 0 aliphatic heterocycles. The van der Waals surface area contributed by atoms with Gasteiger partial charge in [0.05, 0.1) is 10.9 Å². The first-order chi connectivity index (χ1) is 8.86. The highest BCUT2D eigenvalue weighted by Crippen LogP contribution is 2.29. The normalized spacial score (nSPS) is 12.2. The molecule has 0 amide bonds. The van der Waals surface area contributed by atoms with Crippen molar-refractivity contribution in [3.63, 3.8) is 0 Å². The van der Waals surface area contributed by atoms with E-state index in [0.717, 1.165) is 18.2 Å². The molecule has 0 saturated heterocycles. The summed E-state index contributed by atoms with van der Waals surface area (Å²) in [7, 11) is 1.40. The Hall–Kier alpha value is -2.15. The number of carbonyl (C=O) groups excluding carboxylic acids is 1. The number of benzene rings is 1. The van der Waals surface area contributed by atoms with Crippen molar-refractivity contribution in [2.45, 2.75) is 20.1 Å². The fourth-order valence-corrected chi connectivity index (χ4v) is 1.47. The highest BCUT2D eigenvalue weighted by Gasteiger charge is 2.21. The number of nitrogens with zero attached hydrogens (tertiary/aromatic N) is 1.